The van der Waals surface area contributed by atoms with Crippen LogP contribution in [-0.4, -0.2) is 21.6 Å². The minimum absolute atomic E-state index is 0.647. The minimum atomic E-state index is -0.647. The molecule has 0 N–H and O–H groups in total. The van der Waals surface area contributed by atoms with Crippen molar-refractivity contribution < 1.29 is 3.07 Å². The molecule has 0 saturated heterocycles. The van der Waals surface area contributed by atoms with Crippen molar-refractivity contribution in [2.24, 2.45) is 0 Å². The van der Waals surface area contributed by atoms with E-state index in [2.05, 4.69) is 44.2 Å². The van der Waals surface area contributed by atoms with Gasteiger partial charge in [-0.05, 0) is 0 Å². The van der Waals surface area contributed by atoms with Crippen LogP contribution in [0.3, 0.4) is 0 Å². The molecule has 0 heterocycles. The van der Waals surface area contributed by atoms with Gasteiger partial charge in [0, 0.05) is 0 Å². The normalized spacial score (nSPS) is 11.1. The van der Waals surface area contributed by atoms with Crippen molar-refractivity contribution in [2.45, 2.75) is 62.9 Å². The van der Waals surface area contributed by atoms with Gasteiger partial charge in [0.1, 0.15) is 0 Å². The van der Waals surface area contributed by atoms with Gasteiger partial charge >= 0.3 is 123 Å². The van der Waals surface area contributed by atoms with Crippen LogP contribution in [0.25, 0.3) is 0 Å². The molecule has 0 aliphatic rings. The van der Waals surface area contributed by atoms with Crippen molar-refractivity contribution in [1.29, 1.82) is 0 Å². The fourth-order valence-corrected chi connectivity index (χ4v) is 5.20. The quantitative estimate of drug-likeness (QED) is 0.539. The summed E-state index contributed by atoms with van der Waals surface area (Å²) in [6, 6.07) is 10.6. The van der Waals surface area contributed by atoms with Crippen LogP contribution in [-0.2, 0) is 9.68 Å². The zero-order valence-corrected chi connectivity index (χ0v) is 14.7. The third kappa shape index (κ3) is 7.42. The van der Waals surface area contributed by atoms with Crippen LogP contribution in [0.4, 0.5) is 0 Å². The molecule has 0 unspecified atom stereocenters. The third-order valence-electron chi connectivity index (χ3n) is 3.14. The number of hydrogen-bond donors (Lipinski definition) is 0. The predicted octanol–water partition coefficient (Wildman–Crippen LogP) is 4.99. The summed E-state index contributed by atoms with van der Waals surface area (Å²) in [5.74, 6) is 0. The molecule has 2 heteroatoms. The number of rotatable bonds is 10. The summed E-state index contributed by atoms with van der Waals surface area (Å²) in [5.41, 5.74) is 1.32. The Balaban J connectivity index is 2.23. The Morgan fingerprint density at radius 1 is 1.00 bits per heavy atom. The molecular weight excluding hydrogens is 327 g/mol. The monoisotopic (exact) mass is 354 g/mol. The van der Waals surface area contributed by atoms with E-state index in [1.165, 1.54) is 44.1 Å². The summed E-state index contributed by atoms with van der Waals surface area (Å²) in [7, 11) is 0. The molecule has 100 valence electrons. The van der Waals surface area contributed by atoms with Crippen molar-refractivity contribution in [3.05, 3.63) is 35.9 Å². The van der Waals surface area contributed by atoms with E-state index in [4.69, 9.17) is 3.07 Å². The van der Waals surface area contributed by atoms with Crippen LogP contribution in [0.15, 0.2) is 30.3 Å². The van der Waals surface area contributed by atoms with Gasteiger partial charge in [-0.3, -0.25) is 0 Å². The first-order chi connectivity index (χ1) is 8.86. The van der Waals surface area contributed by atoms with Crippen LogP contribution < -0.4 is 0 Å². The second-order valence-corrected chi connectivity index (χ2v) is 8.70. The molecule has 0 aliphatic carbocycles. The third-order valence-corrected chi connectivity index (χ3v) is 6.63. The molecule has 0 bridgehead atoms. The molecule has 0 amide bonds. The molecule has 18 heavy (non-hydrogen) atoms. The van der Waals surface area contributed by atoms with Gasteiger partial charge in [-0.1, -0.05) is 0 Å². The van der Waals surface area contributed by atoms with Crippen LogP contribution in [0.2, 0.25) is 3.93 Å². The van der Waals surface area contributed by atoms with Gasteiger partial charge < -0.3 is 0 Å². The first kappa shape index (κ1) is 16.0. The molecule has 1 aromatic rings. The molecule has 1 nitrogen and oxygen atoms in total. The summed E-state index contributed by atoms with van der Waals surface area (Å²) in [4.78, 5) is 0. The number of hydrogen-bond acceptors (Lipinski definition) is 1. The maximum atomic E-state index is 6.05. The van der Waals surface area contributed by atoms with Gasteiger partial charge in [-0.2, -0.15) is 0 Å². The standard InChI is InChI=1S/C9H19.C7H7O.Sn/c1-3-5-7-9-8-6-4-2;8-6-7-4-2-1-3-5-7;/h9H,3-8H2,1-2H3;1-5H,6H2;/q;-1;+1. The zero-order chi connectivity index (χ0) is 13.1. The van der Waals surface area contributed by atoms with Gasteiger partial charge in [0.25, 0.3) is 0 Å². The summed E-state index contributed by atoms with van der Waals surface area (Å²) < 4.78 is 6.97. The molecule has 0 spiro atoms. The van der Waals surface area contributed by atoms with Crippen LogP contribution in [0.1, 0.15) is 57.9 Å². The summed E-state index contributed by atoms with van der Waals surface area (Å²) in [6.45, 7) is 5.40. The number of unbranched alkanes of at least 4 members (excludes halogenated alkanes) is 2. The summed E-state index contributed by atoms with van der Waals surface area (Å²) >= 11 is -0.647. The zero-order valence-electron chi connectivity index (χ0n) is 11.8. The maximum absolute atomic E-state index is 6.05. The SMILES string of the molecule is CCCC[CH](CCCC)[Sn][O]Cc1ccccc1. The Hall–Kier alpha value is -0.0213. The Bertz CT molecular complexity index is 278. The van der Waals surface area contributed by atoms with Crippen LogP contribution >= 0.6 is 0 Å². The Labute approximate surface area is 123 Å². The van der Waals surface area contributed by atoms with Crippen LogP contribution in [0.5, 0.6) is 0 Å². The van der Waals surface area contributed by atoms with E-state index < -0.39 is 21.6 Å². The van der Waals surface area contributed by atoms with E-state index in [1.807, 2.05) is 0 Å². The van der Waals surface area contributed by atoms with Gasteiger partial charge in [0.05, 0.1) is 0 Å². The summed E-state index contributed by atoms with van der Waals surface area (Å²) in [6.07, 6.45) is 8.20. The fourth-order valence-electron chi connectivity index (χ4n) is 1.98. The van der Waals surface area contributed by atoms with Gasteiger partial charge in [-0.25, -0.2) is 0 Å². The van der Waals surface area contributed by atoms with E-state index >= 15 is 0 Å². The van der Waals surface area contributed by atoms with Gasteiger partial charge in [0.15, 0.2) is 0 Å². The Morgan fingerprint density at radius 2 is 1.61 bits per heavy atom. The molecule has 0 aromatic heterocycles. The Morgan fingerprint density at radius 3 is 2.17 bits per heavy atom. The Kier molecular flexibility index (Phi) is 9.67. The van der Waals surface area contributed by atoms with Gasteiger partial charge in [-0.15, -0.1) is 0 Å². The molecule has 1 aromatic carbocycles. The van der Waals surface area contributed by atoms with E-state index in [0.717, 1.165) is 10.5 Å². The van der Waals surface area contributed by atoms with Crippen LogP contribution in [0, 0.1) is 0 Å². The second-order valence-electron chi connectivity index (χ2n) is 4.87. The molecule has 0 saturated carbocycles. The fraction of sp³-hybridized carbons (Fsp3) is 0.625. The number of benzene rings is 1. The second kappa shape index (κ2) is 10.9. The molecule has 0 fully saturated rings. The topological polar surface area (TPSA) is 9.23 Å². The molecular formula is C16H26OSn. The molecule has 0 atom stereocenters. The van der Waals surface area contributed by atoms with E-state index in [-0.39, 0.29) is 0 Å². The first-order valence-corrected chi connectivity index (χ1v) is 10.1. The van der Waals surface area contributed by atoms with Crippen molar-refractivity contribution in [3.8, 4) is 0 Å². The first-order valence-electron chi connectivity index (χ1n) is 7.28. The molecule has 0 aliphatic heterocycles. The van der Waals surface area contributed by atoms with E-state index in [1.54, 1.807) is 0 Å². The molecule has 1 rings (SSSR count). The van der Waals surface area contributed by atoms with E-state index in [9.17, 15) is 0 Å². The van der Waals surface area contributed by atoms with Gasteiger partial charge in [0.2, 0.25) is 0 Å². The molecule has 2 radical (unpaired) electrons. The van der Waals surface area contributed by atoms with Crippen molar-refractivity contribution in [3.63, 3.8) is 0 Å². The average Bonchev–Trinajstić information content (AvgIpc) is 2.42. The summed E-state index contributed by atoms with van der Waals surface area (Å²) in [5, 5.41) is 0. The van der Waals surface area contributed by atoms with Crippen molar-refractivity contribution >= 4 is 21.6 Å². The van der Waals surface area contributed by atoms with Crippen molar-refractivity contribution in [1.82, 2.24) is 0 Å². The predicted molar refractivity (Wildman–Crippen MR) is 79.8 cm³/mol. The van der Waals surface area contributed by atoms with Crippen molar-refractivity contribution in [2.75, 3.05) is 0 Å². The average molecular weight is 353 g/mol. The van der Waals surface area contributed by atoms with E-state index in [0.29, 0.717) is 0 Å².